The molecule has 0 amide bonds. The zero-order chi connectivity index (χ0) is 41.4. The largest absolute Gasteiger partial charge is 0.490 e. The van der Waals surface area contributed by atoms with Crippen LogP contribution in [0.15, 0.2) is 36.9 Å². The summed E-state index contributed by atoms with van der Waals surface area (Å²) < 4.78 is 135. The minimum Gasteiger partial charge on any atom is -0.475 e. The molecule has 2 aromatic rings. The lowest BCUT2D eigenvalue weighted by atomic mass is 9.87. The molecule has 0 aliphatic carbocycles. The van der Waals surface area contributed by atoms with E-state index in [1.54, 1.807) is 0 Å². The number of aliphatic carboxylic acids is 4. The van der Waals surface area contributed by atoms with Crippen LogP contribution in [0.4, 0.5) is 52.7 Å². The number of pyridine rings is 1. The van der Waals surface area contributed by atoms with Crippen LogP contribution in [0.1, 0.15) is 17.8 Å². The number of aryl methyl sites for hydroxylation is 1. The van der Waals surface area contributed by atoms with Crippen molar-refractivity contribution in [3.05, 3.63) is 48.3 Å². The highest BCUT2D eigenvalue weighted by atomic mass is 19.4. The summed E-state index contributed by atoms with van der Waals surface area (Å²) in [6.07, 6.45) is -11.4. The van der Waals surface area contributed by atoms with Crippen molar-refractivity contribution >= 4 is 23.9 Å². The van der Waals surface area contributed by atoms with Crippen molar-refractivity contribution in [3.63, 3.8) is 0 Å². The van der Waals surface area contributed by atoms with Crippen LogP contribution in [0.2, 0.25) is 0 Å². The smallest absolute Gasteiger partial charge is 0.475 e. The molecule has 0 aromatic carbocycles. The van der Waals surface area contributed by atoms with E-state index in [2.05, 4.69) is 37.4 Å². The normalized spacial score (nSPS) is 18.0. The summed E-state index contributed by atoms with van der Waals surface area (Å²) in [5.74, 6) is -9.89. The second kappa shape index (κ2) is 20.5. The fourth-order valence-electron chi connectivity index (χ4n) is 4.12. The summed E-state index contributed by atoms with van der Waals surface area (Å²) in [4.78, 5) is 49.4. The maximum atomic E-state index is 10.6. The molecular formula is C27H31F12N5O9. The van der Waals surface area contributed by atoms with Crippen LogP contribution in [0.3, 0.4) is 0 Å². The molecule has 26 heteroatoms. The van der Waals surface area contributed by atoms with Gasteiger partial charge in [-0.3, -0.25) is 14.8 Å². The Labute approximate surface area is 290 Å². The molecule has 53 heavy (non-hydrogen) atoms. The van der Waals surface area contributed by atoms with Crippen LogP contribution in [-0.4, -0.2) is 133 Å². The standard InChI is InChI=1S/C19H27N5O.4C2HF3O2/c1-22-8-6-21-18(22)13-23-7-4-19(14-23)15-24(9-10-25-16-19)12-17-3-2-5-20-11-17;4*3-2(4,5)1(6)7/h2-3,5-6,8,11H,4,7,9-10,12-16H2,1H3;4*(H,6,7). The van der Waals surface area contributed by atoms with Crippen molar-refractivity contribution in [1.29, 1.82) is 0 Å². The number of alkyl halides is 12. The first kappa shape index (κ1) is 48.3. The predicted octanol–water partition coefficient (Wildman–Crippen LogP) is 4.07. The van der Waals surface area contributed by atoms with Crippen molar-refractivity contribution in [2.75, 3.05) is 39.4 Å². The Morgan fingerprint density at radius 1 is 0.736 bits per heavy atom. The van der Waals surface area contributed by atoms with Gasteiger partial charge in [0.1, 0.15) is 5.82 Å². The van der Waals surface area contributed by atoms with Crippen molar-refractivity contribution < 1.29 is 97.0 Å². The van der Waals surface area contributed by atoms with Crippen molar-refractivity contribution in [2.24, 2.45) is 12.5 Å². The van der Waals surface area contributed by atoms with Gasteiger partial charge in [-0.05, 0) is 24.6 Å². The molecule has 1 atom stereocenters. The van der Waals surface area contributed by atoms with E-state index in [0.717, 1.165) is 58.3 Å². The molecule has 4 N–H and O–H groups in total. The first-order valence-corrected chi connectivity index (χ1v) is 14.1. The monoisotopic (exact) mass is 797 g/mol. The number of hydrogen-bond donors (Lipinski definition) is 4. The predicted molar refractivity (Wildman–Crippen MR) is 151 cm³/mol. The fourth-order valence-corrected chi connectivity index (χ4v) is 4.12. The lowest BCUT2D eigenvalue weighted by Crippen LogP contribution is -2.40. The van der Waals surface area contributed by atoms with Gasteiger partial charge in [-0.15, -0.1) is 0 Å². The number of halogens is 12. The molecule has 0 bridgehead atoms. The molecule has 4 rings (SSSR count). The summed E-state index contributed by atoms with van der Waals surface area (Å²) in [6.45, 7) is 7.87. The summed E-state index contributed by atoms with van der Waals surface area (Å²) in [5, 5.41) is 28.5. The highest BCUT2D eigenvalue weighted by molar-refractivity contribution is 5.74. The van der Waals surface area contributed by atoms with Gasteiger partial charge < -0.3 is 29.7 Å². The Bertz CT molecular complexity index is 1360. The zero-order valence-electron chi connectivity index (χ0n) is 26.9. The molecule has 14 nitrogen and oxygen atoms in total. The summed E-state index contributed by atoms with van der Waals surface area (Å²) in [7, 11) is 2.07. The second-order valence-corrected chi connectivity index (χ2v) is 10.8. The van der Waals surface area contributed by atoms with E-state index in [9.17, 15) is 52.7 Å². The molecule has 2 aliphatic heterocycles. The van der Waals surface area contributed by atoms with Gasteiger partial charge >= 0.3 is 48.6 Å². The number of ether oxygens (including phenoxy) is 1. The van der Waals surface area contributed by atoms with Crippen molar-refractivity contribution in [1.82, 2.24) is 24.3 Å². The third kappa shape index (κ3) is 20.2. The Balaban J connectivity index is 0.000000791. The van der Waals surface area contributed by atoms with Gasteiger partial charge in [0.25, 0.3) is 0 Å². The molecule has 2 fully saturated rings. The second-order valence-electron chi connectivity index (χ2n) is 10.8. The molecule has 0 saturated carbocycles. The number of likely N-dealkylation sites (tertiary alicyclic amines) is 1. The van der Waals surface area contributed by atoms with E-state index in [1.807, 2.05) is 30.9 Å². The zero-order valence-corrected chi connectivity index (χ0v) is 26.9. The van der Waals surface area contributed by atoms with Gasteiger partial charge in [0.2, 0.25) is 0 Å². The number of imidazole rings is 1. The highest BCUT2D eigenvalue weighted by Crippen LogP contribution is 2.34. The van der Waals surface area contributed by atoms with E-state index in [0.29, 0.717) is 0 Å². The lowest BCUT2D eigenvalue weighted by molar-refractivity contribution is -0.193. The van der Waals surface area contributed by atoms with E-state index in [1.165, 1.54) is 12.0 Å². The summed E-state index contributed by atoms with van der Waals surface area (Å²) >= 11 is 0. The first-order chi connectivity index (χ1) is 24.0. The van der Waals surface area contributed by atoms with Crippen LogP contribution in [0.5, 0.6) is 0 Å². The minimum absolute atomic E-state index is 0.240. The first-order valence-electron chi connectivity index (χ1n) is 14.1. The SMILES string of the molecule is Cn1ccnc1CN1CCC2(COCCN(Cc3cccnc3)C2)C1.O=C(O)C(F)(F)F.O=C(O)C(F)(F)F.O=C(O)C(F)(F)F.O=C(O)C(F)(F)F. The lowest BCUT2D eigenvalue weighted by Gasteiger charge is -2.32. The summed E-state index contributed by atoms with van der Waals surface area (Å²) in [5.41, 5.74) is 1.52. The van der Waals surface area contributed by atoms with E-state index >= 15 is 0 Å². The molecule has 1 spiro atoms. The van der Waals surface area contributed by atoms with Gasteiger partial charge in [0.05, 0.1) is 19.8 Å². The number of carboxylic acid groups (broad SMARTS) is 4. The molecule has 2 aromatic heterocycles. The third-order valence-electron chi connectivity index (χ3n) is 6.42. The Hall–Kier alpha value is -4.72. The highest BCUT2D eigenvalue weighted by Gasteiger charge is 2.42. The number of carbonyl (C=O) groups is 4. The molecule has 1 unspecified atom stereocenters. The van der Waals surface area contributed by atoms with Gasteiger partial charge in [0.15, 0.2) is 0 Å². The molecule has 2 saturated heterocycles. The van der Waals surface area contributed by atoms with Crippen LogP contribution in [0.25, 0.3) is 0 Å². The van der Waals surface area contributed by atoms with Crippen LogP contribution in [-0.2, 0) is 44.1 Å². The maximum absolute atomic E-state index is 10.6. The van der Waals surface area contributed by atoms with Crippen LogP contribution < -0.4 is 0 Å². The average Bonchev–Trinajstić information content (AvgIpc) is 3.54. The molecule has 302 valence electrons. The van der Waals surface area contributed by atoms with Gasteiger partial charge in [0, 0.05) is 63.4 Å². The Morgan fingerprint density at radius 2 is 1.17 bits per heavy atom. The van der Waals surface area contributed by atoms with E-state index < -0.39 is 48.6 Å². The third-order valence-corrected chi connectivity index (χ3v) is 6.42. The Morgan fingerprint density at radius 3 is 1.53 bits per heavy atom. The molecular weight excluding hydrogens is 766 g/mol. The van der Waals surface area contributed by atoms with Gasteiger partial charge in [-0.1, -0.05) is 6.07 Å². The molecule has 2 aliphatic rings. The summed E-state index contributed by atoms with van der Waals surface area (Å²) in [6, 6.07) is 4.18. The molecule has 4 heterocycles. The van der Waals surface area contributed by atoms with Crippen LogP contribution in [0, 0.1) is 5.41 Å². The van der Waals surface area contributed by atoms with Crippen molar-refractivity contribution in [2.45, 2.75) is 44.2 Å². The molecule has 0 radical (unpaired) electrons. The number of carboxylic acids is 4. The Kier molecular flexibility index (Phi) is 18.7. The average molecular weight is 798 g/mol. The number of hydrogen-bond acceptors (Lipinski definition) is 9. The van der Waals surface area contributed by atoms with E-state index in [-0.39, 0.29) is 5.41 Å². The number of rotatable bonds is 4. The van der Waals surface area contributed by atoms with E-state index in [4.69, 9.17) is 44.3 Å². The fraction of sp³-hybridized carbons (Fsp3) is 0.556. The maximum Gasteiger partial charge on any atom is 0.490 e. The number of nitrogens with zero attached hydrogens (tertiary/aromatic N) is 5. The van der Waals surface area contributed by atoms with Crippen molar-refractivity contribution in [3.8, 4) is 0 Å². The topological polar surface area (TPSA) is 196 Å². The van der Waals surface area contributed by atoms with Gasteiger partial charge in [-0.2, -0.15) is 52.7 Å². The number of aromatic nitrogens is 3. The minimum atomic E-state index is -5.08. The quantitative estimate of drug-likeness (QED) is 0.324. The van der Waals surface area contributed by atoms with Crippen LogP contribution >= 0.6 is 0 Å². The van der Waals surface area contributed by atoms with Gasteiger partial charge in [-0.25, -0.2) is 24.2 Å².